The number of benzene rings is 1. The summed E-state index contributed by atoms with van der Waals surface area (Å²) in [6, 6.07) is 2.15. The maximum Gasteiger partial charge on any atom is 0.325 e. The Hall–Kier alpha value is -2.51. The first-order chi connectivity index (χ1) is 13.8. The van der Waals surface area contributed by atoms with Crippen LogP contribution < -0.4 is 5.32 Å². The third-order valence-corrected chi connectivity index (χ3v) is 6.60. The molecule has 1 N–H and O–H groups in total. The molecule has 2 saturated heterocycles. The topological polar surface area (TPSA) is 69.7 Å². The lowest BCUT2D eigenvalue weighted by molar-refractivity contribution is -0.142. The van der Waals surface area contributed by atoms with E-state index in [9.17, 15) is 23.2 Å². The fourth-order valence-electron chi connectivity index (χ4n) is 5.06. The molecule has 156 valence electrons. The van der Waals surface area contributed by atoms with Gasteiger partial charge in [0.2, 0.25) is 5.91 Å². The zero-order valence-corrected chi connectivity index (χ0v) is 16.4. The van der Waals surface area contributed by atoms with E-state index >= 15 is 0 Å². The van der Waals surface area contributed by atoms with Gasteiger partial charge in [-0.3, -0.25) is 14.5 Å². The van der Waals surface area contributed by atoms with Crippen LogP contribution in [0.1, 0.15) is 51.0 Å². The number of nitrogens with one attached hydrogen (secondary N) is 1. The lowest BCUT2D eigenvalue weighted by Gasteiger charge is -2.44. The van der Waals surface area contributed by atoms with Gasteiger partial charge in [-0.2, -0.15) is 0 Å². The van der Waals surface area contributed by atoms with Crippen LogP contribution in [0.2, 0.25) is 0 Å². The SMILES string of the molecule is C[C@]1(c2cc(F)ccc2F)NC(=O)N(CC(=O)N2CCC[C@@H]3CCCC[C@@H]32)C1=O. The number of imide groups is 1. The van der Waals surface area contributed by atoms with Crippen molar-refractivity contribution in [3.63, 3.8) is 0 Å². The Bertz CT molecular complexity index is 860. The second-order valence-electron chi connectivity index (χ2n) is 8.41. The number of amides is 4. The molecule has 0 unspecified atom stereocenters. The number of fused-ring (bicyclic) bond motifs is 1. The van der Waals surface area contributed by atoms with E-state index in [-0.39, 0.29) is 24.1 Å². The molecule has 8 heteroatoms. The second-order valence-corrected chi connectivity index (χ2v) is 8.41. The van der Waals surface area contributed by atoms with Crippen LogP contribution in [0.25, 0.3) is 0 Å². The number of rotatable bonds is 3. The second kappa shape index (κ2) is 7.39. The molecule has 1 aliphatic carbocycles. The molecule has 1 aromatic rings. The van der Waals surface area contributed by atoms with E-state index in [4.69, 9.17) is 0 Å². The summed E-state index contributed by atoms with van der Waals surface area (Å²) in [6.07, 6.45) is 6.32. The van der Waals surface area contributed by atoms with Crippen LogP contribution in [0, 0.1) is 17.6 Å². The number of likely N-dealkylation sites (tertiary alicyclic amines) is 1. The maximum absolute atomic E-state index is 14.3. The van der Waals surface area contributed by atoms with Gasteiger partial charge in [0.25, 0.3) is 5.91 Å². The summed E-state index contributed by atoms with van der Waals surface area (Å²) < 4.78 is 27.9. The number of carbonyl (C=O) groups excluding carboxylic acids is 3. The number of hydrogen-bond donors (Lipinski definition) is 1. The quantitative estimate of drug-likeness (QED) is 0.787. The van der Waals surface area contributed by atoms with Gasteiger partial charge in [-0.1, -0.05) is 12.8 Å². The predicted molar refractivity (Wildman–Crippen MR) is 101 cm³/mol. The van der Waals surface area contributed by atoms with Crippen molar-refractivity contribution < 1.29 is 23.2 Å². The van der Waals surface area contributed by atoms with Gasteiger partial charge in [0, 0.05) is 18.2 Å². The molecule has 2 heterocycles. The smallest absolute Gasteiger partial charge is 0.325 e. The van der Waals surface area contributed by atoms with Crippen molar-refractivity contribution in [3.05, 3.63) is 35.4 Å². The number of nitrogens with zero attached hydrogens (tertiary/aromatic N) is 2. The van der Waals surface area contributed by atoms with E-state index in [2.05, 4.69) is 5.32 Å². The van der Waals surface area contributed by atoms with Crippen LogP contribution in [-0.4, -0.2) is 46.8 Å². The van der Waals surface area contributed by atoms with E-state index in [0.717, 1.165) is 55.2 Å². The van der Waals surface area contributed by atoms with Crippen LogP contribution in [0.4, 0.5) is 13.6 Å². The molecule has 0 bridgehead atoms. The van der Waals surface area contributed by atoms with Crippen molar-refractivity contribution in [2.45, 2.75) is 57.0 Å². The van der Waals surface area contributed by atoms with Crippen molar-refractivity contribution >= 4 is 17.8 Å². The fourth-order valence-corrected chi connectivity index (χ4v) is 5.06. The monoisotopic (exact) mass is 405 g/mol. The molecule has 3 fully saturated rings. The number of hydrogen-bond acceptors (Lipinski definition) is 3. The van der Waals surface area contributed by atoms with Gasteiger partial charge >= 0.3 is 6.03 Å². The minimum atomic E-state index is -1.75. The highest BCUT2D eigenvalue weighted by Gasteiger charge is 2.51. The molecule has 1 aromatic carbocycles. The van der Waals surface area contributed by atoms with Crippen molar-refractivity contribution in [1.82, 2.24) is 15.1 Å². The van der Waals surface area contributed by atoms with Crippen molar-refractivity contribution in [2.75, 3.05) is 13.1 Å². The van der Waals surface area contributed by atoms with Crippen LogP contribution in [0.15, 0.2) is 18.2 Å². The molecule has 4 amide bonds. The average Bonchev–Trinajstić information content (AvgIpc) is 2.93. The maximum atomic E-state index is 14.3. The normalized spacial score (nSPS) is 29.6. The summed E-state index contributed by atoms with van der Waals surface area (Å²) in [5, 5.41) is 2.44. The molecule has 6 nitrogen and oxygen atoms in total. The Kier molecular flexibility index (Phi) is 5.04. The summed E-state index contributed by atoms with van der Waals surface area (Å²) in [5.74, 6) is -2.05. The summed E-state index contributed by atoms with van der Waals surface area (Å²) in [6.45, 7) is 1.56. The van der Waals surface area contributed by atoms with E-state index in [1.165, 1.54) is 13.3 Å². The zero-order valence-electron chi connectivity index (χ0n) is 16.4. The molecule has 4 rings (SSSR count). The standard InChI is InChI=1S/C21H25F2N3O3/c1-21(15-11-14(22)8-9-16(15)23)19(28)26(20(29)24-21)12-18(27)25-10-4-6-13-5-2-3-7-17(13)25/h8-9,11,13,17H,2-7,10,12H2,1H3,(H,24,29)/t13-,17-,21+/m0/s1. The highest BCUT2D eigenvalue weighted by molar-refractivity contribution is 6.09. The summed E-state index contributed by atoms with van der Waals surface area (Å²) >= 11 is 0. The Balaban J connectivity index is 1.53. The highest BCUT2D eigenvalue weighted by atomic mass is 19.1. The fraction of sp³-hybridized carbons (Fsp3) is 0.571. The van der Waals surface area contributed by atoms with Crippen molar-refractivity contribution in [3.8, 4) is 0 Å². The Morgan fingerprint density at radius 1 is 1.17 bits per heavy atom. The lowest BCUT2D eigenvalue weighted by Crippen LogP contribution is -2.53. The molecule has 0 radical (unpaired) electrons. The summed E-state index contributed by atoms with van der Waals surface area (Å²) in [5.41, 5.74) is -2.00. The lowest BCUT2D eigenvalue weighted by atomic mass is 9.78. The summed E-state index contributed by atoms with van der Waals surface area (Å²) in [7, 11) is 0. The van der Waals surface area contributed by atoms with Crippen molar-refractivity contribution in [2.24, 2.45) is 5.92 Å². The average molecular weight is 405 g/mol. The van der Waals surface area contributed by atoms with Gasteiger partial charge in [-0.25, -0.2) is 13.6 Å². The minimum Gasteiger partial charge on any atom is -0.338 e. The molecular weight excluding hydrogens is 380 g/mol. The van der Waals surface area contributed by atoms with Gasteiger partial charge in [-0.15, -0.1) is 0 Å². The molecule has 1 saturated carbocycles. The van der Waals surface area contributed by atoms with Crippen LogP contribution in [0.3, 0.4) is 0 Å². The van der Waals surface area contributed by atoms with E-state index in [1.54, 1.807) is 0 Å². The number of carbonyl (C=O) groups is 3. The molecule has 0 aromatic heterocycles. The molecule has 3 atom stereocenters. The van der Waals surface area contributed by atoms with Gasteiger partial charge in [0.15, 0.2) is 0 Å². The van der Waals surface area contributed by atoms with Gasteiger partial charge in [0.05, 0.1) is 0 Å². The van der Waals surface area contributed by atoms with E-state index < -0.39 is 29.1 Å². The van der Waals surface area contributed by atoms with Crippen molar-refractivity contribution in [1.29, 1.82) is 0 Å². The number of halogens is 2. The molecule has 0 spiro atoms. The Morgan fingerprint density at radius 3 is 2.69 bits per heavy atom. The summed E-state index contributed by atoms with van der Waals surface area (Å²) in [4.78, 5) is 41.1. The molecule has 29 heavy (non-hydrogen) atoms. The Labute approximate surface area is 168 Å². The number of piperidine rings is 1. The van der Waals surface area contributed by atoms with Gasteiger partial charge in [-0.05, 0) is 56.7 Å². The largest absolute Gasteiger partial charge is 0.338 e. The Morgan fingerprint density at radius 2 is 1.90 bits per heavy atom. The zero-order chi connectivity index (χ0) is 20.8. The molecule has 3 aliphatic rings. The number of urea groups is 1. The van der Waals surface area contributed by atoms with Crippen LogP contribution in [-0.2, 0) is 15.1 Å². The molecule has 2 aliphatic heterocycles. The van der Waals surface area contributed by atoms with E-state index in [0.29, 0.717) is 12.5 Å². The van der Waals surface area contributed by atoms with Gasteiger partial charge < -0.3 is 10.2 Å². The first-order valence-electron chi connectivity index (χ1n) is 10.2. The van der Waals surface area contributed by atoms with Crippen LogP contribution in [0.5, 0.6) is 0 Å². The minimum absolute atomic E-state index is 0.165. The molecular formula is C21H25F2N3O3. The highest BCUT2D eigenvalue weighted by Crippen LogP contribution is 2.36. The third kappa shape index (κ3) is 3.38. The van der Waals surface area contributed by atoms with Crippen LogP contribution >= 0.6 is 0 Å². The third-order valence-electron chi connectivity index (χ3n) is 6.60. The first-order valence-corrected chi connectivity index (χ1v) is 10.2. The van der Waals surface area contributed by atoms with E-state index in [1.807, 2.05) is 4.90 Å². The van der Waals surface area contributed by atoms with Gasteiger partial charge in [0.1, 0.15) is 23.7 Å². The predicted octanol–water partition coefficient (Wildman–Crippen LogP) is 2.91. The first kappa shape index (κ1) is 19.8.